The van der Waals surface area contributed by atoms with E-state index in [-0.39, 0.29) is 19.1 Å². The molecule has 0 aliphatic rings. The maximum atomic E-state index is 11.7. The Bertz CT molecular complexity index is 601. The molecule has 0 radical (unpaired) electrons. The van der Waals surface area contributed by atoms with Crippen molar-refractivity contribution in [3.8, 4) is 5.75 Å². The van der Waals surface area contributed by atoms with E-state index < -0.39 is 0 Å². The molecule has 0 aliphatic heterocycles. The Labute approximate surface area is 122 Å². The molecule has 4 nitrogen and oxygen atoms in total. The van der Waals surface area contributed by atoms with Gasteiger partial charge in [0.2, 0.25) is 0 Å². The molecule has 0 aromatic heterocycles. The molecule has 0 bridgehead atoms. The second kappa shape index (κ2) is 6.93. The maximum Gasteiger partial charge on any atom is 0.262 e. The van der Waals surface area contributed by atoms with Crippen molar-refractivity contribution in [3.63, 3.8) is 0 Å². The van der Waals surface area contributed by atoms with E-state index in [1.54, 1.807) is 48.5 Å². The lowest BCUT2D eigenvalue weighted by atomic mass is 10.2. The summed E-state index contributed by atoms with van der Waals surface area (Å²) in [5.41, 5.74) is 1.35. The Morgan fingerprint density at radius 2 is 2.00 bits per heavy atom. The largest absolute Gasteiger partial charge is 0.484 e. The zero-order valence-electron chi connectivity index (χ0n) is 10.7. The first-order valence-corrected chi connectivity index (χ1v) is 6.43. The monoisotopic (exact) mass is 291 g/mol. The van der Waals surface area contributed by atoms with E-state index in [0.717, 1.165) is 5.56 Å². The molecule has 0 spiro atoms. The fourth-order valence-corrected chi connectivity index (χ4v) is 1.84. The van der Waals surface area contributed by atoms with Crippen LogP contribution in [-0.2, 0) is 11.4 Å². The summed E-state index contributed by atoms with van der Waals surface area (Å²) in [7, 11) is 0. The lowest BCUT2D eigenvalue weighted by molar-refractivity contribution is -0.118. The highest BCUT2D eigenvalue weighted by Gasteiger charge is 2.04. The van der Waals surface area contributed by atoms with Gasteiger partial charge < -0.3 is 15.2 Å². The van der Waals surface area contributed by atoms with Crippen LogP contribution < -0.4 is 10.1 Å². The van der Waals surface area contributed by atoms with Crippen LogP contribution in [0.15, 0.2) is 48.5 Å². The first-order chi connectivity index (χ1) is 9.67. The van der Waals surface area contributed by atoms with Gasteiger partial charge in [-0.15, -0.1) is 0 Å². The molecule has 2 N–H and O–H groups in total. The normalized spacial score (nSPS) is 10.1. The van der Waals surface area contributed by atoms with Gasteiger partial charge in [-0.05, 0) is 35.9 Å². The third-order valence-corrected chi connectivity index (χ3v) is 2.79. The van der Waals surface area contributed by atoms with E-state index in [1.807, 2.05) is 0 Å². The summed E-state index contributed by atoms with van der Waals surface area (Å²) in [6, 6.07) is 13.8. The second-order valence-electron chi connectivity index (χ2n) is 4.15. The number of benzene rings is 2. The Morgan fingerprint density at radius 3 is 2.75 bits per heavy atom. The highest BCUT2D eigenvalue weighted by molar-refractivity contribution is 6.30. The second-order valence-corrected chi connectivity index (χ2v) is 4.59. The van der Waals surface area contributed by atoms with Crippen molar-refractivity contribution in [1.29, 1.82) is 0 Å². The number of ether oxygens (including phenoxy) is 1. The number of anilines is 1. The molecule has 0 atom stereocenters. The smallest absolute Gasteiger partial charge is 0.262 e. The van der Waals surface area contributed by atoms with Gasteiger partial charge in [0.1, 0.15) is 5.75 Å². The topological polar surface area (TPSA) is 58.6 Å². The van der Waals surface area contributed by atoms with Crippen LogP contribution in [0.2, 0.25) is 5.02 Å². The van der Waals surface area contributed by atoms with Crippen molar-refractivity contribution in [3.05, 3.63) is 59.1 Å². The van der Waals surface area contributed by atoms with Gasteiger partial charge in [-0.25, -0.2) is 0 Å². The predicted octanol–water partition coefficient (Wildman–Crippen LogP) is 2.85. The van der Waals surface area contributed by atoms with Crippen LogP contribution in [0.3, 0.4) is 0 Å². The first-order valence-electron chi connectivity index (χ1n) is 6.05. The Hall–Kier alpha value is -2.04. The summed E-state index contributed by atoms with van der Waals surface area (Å²) >= 11 is 5.83. The summed E-state index contributed by atoms with van der Waals surface area (Å²) in [6.07, 6.45) is 0. The number of hydrogen-bond donors (Lipinski definition) is 2. The molecular weight excluding hydrogens is 278 g/mol. The molecule has 2 aromatic carbocycles. The number of carbonyl (C=O) groups excluding carboxylic acids is 1. The van der Waals surface area contributed by atoms with E-state index in [1.165, 1.54) is 0 Å². The highest BCUT2D eigenvalue weighted by atomic mass is 35.5. The zero-order valence-corrected chi connectivity index (χ0v) is 11.4. The minimum absolute atomic E-state index is 0.0636. The van der Waals surface area contributed by atoms with Crippen LogP contribution in [0.4, 0.5) is 5.69 Å². The number of aliphatic hydroxyl groups is 1. The zero-order chi connectivity index (χ0) is 14.4. The predicted molar refractivity (Wildman–Crippen MR) is 77.9 cm³/mol. The highest BCUT2D eigenvalue weighted by Crippen LogP contribution is 2.15. The SMILES string of the molecule is O=C(COc1cccc(CO)c1)Nc1cccc(Cl)c1. The average Bonchev–Trinajstić information content (AvgIpc) is 2.45. The molecular formula is C15H14ClNO3. The standard InChI is InChI=1S/C15H14ClNO3/c16-12-4-2-5-13(8-12)17-15(19)10-20-14-6-1-3-11(7-14)9-18/h1-8,18H,9-10H2,(H,17,19). The molecule has 5 heteroatoms. The van der Waals surface area contributed by atoms with Crippen molar-refractivity contribution in [2.45, 2.75) is 6.61 Å². The Kier molecular flexibility index (Phi) is 4.98. The van der Waals surface area contributed by atoms with Gasteiger partial charge in [0, 0.05) is 10.7 Å². The summed E-state index contributed by atoms with van der Waals surface area (Å²) in [6.45, 7) is -0.173. The van der Waals surface area contributed by atoms with Crippen molar-refractivity contribution in [1.82, 2.24) is 0 Å². The van der Waals surface area contributed by atoms with Crippen LogP contribution in [-0.4, -0.2) is 17.6 Å². The summed E-state index contributed by atoms with van der Waals surface area (Å²) in [5.74, 6) is 0.263. The van der Waals surface area contributed by atoms with E-state index >= 15 is 0 Å². The van der Waals surface area contributed by atoms with Gasteiger partial charge in [0.25, 0.3) is 5.91 Å². The minimum atomic E-state index is -0.276. The molecule has 0 fully saturated rings. The summed E-state index contributed by atoms with van der Waals surface area (Å²) < 4.78 is 5.36. The molecule has 0 saturated carbocycles. The molecule has 20 heavy (non-hydrogen) atoms. The fourth-order valence-electron chi connectivity index (χ4n) is 1.65. The molecule has 2 aromatic rings. The van der Waals surface area contributed by atoms with Gasteiger partial charge in [-0.2, -0.15) is 0 Å². The van der Waals surface area contributed by atoms with Crippen LogP contribution in [0.1, 0.15) is 5.56 Å². The molecule has 0 heterocycles. The number of halogens is 1. The van der Waals surface area contributed by atoms with Crippen LogP contribution in [0, 0.1) is 0 Å². The lowest BCUT2D eigenvalue weighted by Gasteiger charge is -2.08. The van der Waals surface area contributed by atoms with Crippen molar-refractivity contribution < 1.29 is 14.6 Å². The van der Waals surface area contributed by atoms with Gasteiger partial charge in [-0.1, -0.05) is 29.8 Å². The quantitative estimate of drug-likeness (QED) is 0.890. The summed E-state index contributed by atoms with van der Waals surface area (Å²) in [5, 5.41) is 12.3. The maximum absolute atomic E-state index is 11.7. The Morgan fingerprint density at radius 1 is 1.20 bits per heavy atom. The molecule has 1 amide bonds. The molecule has 0 saturated heterocycles. The summed E-state index contributed by atoms with van der Waals surface area (Å²) in [4.78, 5) is 11.7. The molecule has 0 unspecified atom stereocenters. The molecule has 104 valence electrons. The van der Waals surface area contributed by atoms with Gasteiger partial charge in [0.05, 0.1) is 6.61 Å². The van der Waals surface area contributed by atoms with Crippen molar-refractivity contribution in [2.24, 2.45) is 0 Å². The number of amides is 1. The van der Waals surface area contributed by atoms with Crippen LogP contribution >= 0.6 is 11.6 Å². The van der Waals surface area contributed by atoms with Crippen LogP contribution in [0.5, 0.6) is 5.75 Å². The van der Waals surface area contributed by atoms with Crippen molar-refractivity contribution >= 4 is 23.2 Å². The van der Waals surface area contributed by atoms with E-state index in [2.05, 4.69) is 5.32 Å². The Balaban J connectivity index is 1.88. The first kappa shape index (κ1) is 14.4. The van der Waals surface area contributed by atoms with Gasteiger partial charge >= 0.3 is 0 Å². The number of nitrogens with one attached hydrogen (secondary N) is 1. The fraction of sp³-hybridized carbons (Fsp3) is 0.133. The van der Waals surface area contributed by atoms with E-state index in [0.29, 0.717) is 16.5 Å². The molecule has 0 aliphatic carbocycles. The molecule has 2 rings (SSSR count). The van der Waals surface area contributed by atoms with Gasteiger partial charge in [0.15, 0.2) is 6.61 Å². The number of carbonyl (C=O) groups is 1. The van der Waals surface area contributed by atoms with E-state index in [4.69, 9.17) is 21.4 Å². The van der Waals surface area contributed by atoms with E-state index in [9.17, 15) is 4.79 Å². The third-order valence-electron chi connectivity index (χ3n) is 2.56. The van der Waals surface area contributed by atoms with Gasteiger partial charge in [-0.3, -0.25) is 4.79 Å². The minimum Gasteiger partial charge on any atom is -0.484 e. The number of aliphatic hydroxyl groups excluding tert-OH is 1. The van der Waals surface area contributed by atoms with Crippen LogP contribution in [0.25, 0.3) is 0 Å². The van der Waals surface area contributed by atoms with Crippen molar-refractivity contribution in [2.75, 3.05) is 11.9 Å². The number of rotatable bonds is 5. The lowest BCUT2D eigenvalue weighted by Crippen LogP contribution is -2.20. The average molecular weight is 292 g/mol. The third kappa shape index (κ3) is 4.26. The number of hydrogen-bond acceptors (Lipinski definition) is 3.